The summed E-state index contributed by atoms with van der Waals surface area (Å²) in [5.74, 6) is 2.29. The van der Waals surface area contributed by atoms with Crippen LogP contribution in [0.1, 0.15) is 74.8 Å². The number of hydrogen-bond donors (Lipinski definition) is 1. The number of nitrogens with one attached hydrogen (secondary N) is 1. The van der Waals surface area contributed by atoms with Gasteiger partial charge in [0, 0.05) is 29.4 Å². The summed E-state index contributed by atoms with van der Waals surface area (Å²) in [7, 11) is -3.59. The highest BCUT2D eigenvalue weighted by Crippen LogP contribution is 2.56. The van der Waals surface area contributed by atoms with Crippen LogP contribution in [-0.4, -0.2) is 50.8 Å². The fourth-order valence-corrected chi connectivity index (χ4v) is 9.91. The van der Waals surface area contributed by atoms with Gasteiger partial charge in [0.15, 0.2) is 0 Å². The van der Waals surface area contributed by atoms with E-state index in [1.165, 1.54) is 37.7 Å². The first-order chi connectivity index (χ1) is 17.1. The fraction of sp³-hybridized carbons (Fsp3) is 0.704. The number of hydrogen-bond acceptors (Lipinski definition) is 5. The van der Waals surface area contributed by atoms with Gasteiger partial charge in [0.05, 0.1) is 6.26 Å². The molecule has 1 saturated heterocycles. The van der Waals surface area contributed by atoms with E-state index in [2.05, 4.69) is 26.7 Å². The Kier molecular flexibility index (Phi) is 6.18. The number of fused-ring (bicyclic) bond motifs is 2. The first-order valence-electron chi connectivity index (χ1n) is 13.4. The Labute approximate surface area is 221 Å². The average molecular weight is 580 g/mol. The van der Waals surface area contributed by atoms with E-state index in [1.807, 2.05) is 17.0 Å². The van der Waals surface area contributed by atoms with Crippen molar-refractivity contribution in [1.29, 1.82) is 0 Å². The third-order valence-electron chi connectivity index (χ3n) is 9.74. The monoisotopic (exact) mass is 578 g/mol. The molecule has 4 saturated carbocycles. The molecule has 4 bridgehead atoms. The lowest BCUT2D eigenvalue weighted by Crippen LogP contribution is -2.52. The Bertz CT molecular complexity index is 1150. The van der Waals surface area contributed by atoms with Crippen molar-refractivity contribution in [3.8, 4) is 0 Å². The number of piperidine rings is 1. The van der Waals surface area contributed by atoms with Crippen molar-refractivity contribution in [3.63, 3.8) is 0 Å². The van der Waals surface area contributed by atoms with Crippen LogP contribution in [0, 0.1) is 23.7 Å². The highest BCUT2D eigenvalue weighted by molar-refractivity contribution is 9.10. The summed E-state index contributed by atoms with van der Waals surface area (Å²) in [4.78, 5) is 27.6. The number of amides is 2. The van der Waals surface area contributed by atoms with E-state index < -0.39 is 15.9 Å². The summed E-state index contributed by atoms with van der Waals surface area (Å²) in [6.45, 7) is 1.27. The van der Waals surface area contributed by atoms with Crippen LogP contribution in [0.25, 0.3) is 0 Å². The van der Waals surface area contributed by atoms with Gasteiger partial charge in [0.1, 0.15) is 6.10 Å². The normalized spacial score (nSPS) is 34.0. The van der Waals surface area contributed by atoms with Crippen LogP contribution in [0.4, 0.5) is 4.79 Å². The Morgan fingerprint density at radius 3 is 2.33 bits per heavy atom. The molecule has 2 amide bonds. The van der Waals surface area contributed by atoms with Crippen LogP contribution in [0.5, 0.6) is 0 Å². The molecule has 1 heterocycles. The molecule has 36 heavy (non-hydrogen) atoms. The van der Waals surface area contributed by atoms with Crippen molar-refractivity contribution >= 4 is 38.0 Å². The second-order valence-corrected chi connectivity index (χ2v) is 14.8. The van der Waals surface area contributed by atoms with Gasteiger partial charge in [0.25, 0.3) is 0 Å². The minimum absolute atomic E-state index is 0.0502. The molecule has 9 heteroatoms. The van der Waals surface area contributed by atoms with E-state index in [0.717, 1.165) is 47.4 Å². The maximum absolute atomic E-state index is 13.2. The molecule has 1 spiro atoms. The van der Waals surface area contributed by atoms with Gasteiger partial charge in [-0.2, -0.15) is 0 Å². The van der Waals surface area contributed by atoms with E-state index in [4.69, 9.17) is 4.74 Å². The Balaban J connectivity index is 1.13. The van der Waals surface area contributed by atoms with Gasteiger partial charge in [-0.3, -0.25) is 9.52 Å². The van der Waals surface area contributed by atoms with Gasteiger partial charge < -0.3 is 9.64 Å². The second-order valence-electron chi connectivity index (χ2n) is 12.2. The molecule has 6 aliphatic rings. The molecule has 7 rings (SSSR count). The topological polar surface area (TPSA) is 92.8 Å². The highest BCUT2D eigenvalue weighted by Gasteiger charge is 2.51. The summed E-state index contributed by atoms with van der Waals surface area (Å²) < 4.78 is 32.4. The summed E-state index contributed by atoms with van der Waals surface area (Å²) in [5.41, 5.74) is 2.19. The van der Waals surface area contributed by atoms with Crippen molar-refractivity contribution in [1.82, 2.24) is 9.62 Å². The molecular formula is C27H35BrN2O5S. The highest BCUT2D eigenvalue weighted by atomic mass is 79.9. The van der Waals surface area contributed by atoms with Crippen molar-refractivity contribution in [2.45, 2.75) is 75.2 Å². The van der Waals surface area contributed by atoms with Crippen molar-refractivity contribution in [2.75, 3.05) is 19.3 Å². The fourth-order valence-electron chi connectivity index (χ4n) is 8.61. The van der Waals surface area contributed by atoms with Gasteiger partial charge in [-0.15, -0.1) is 0 Å². The smallest absolute Gasteiger partial charge is 0.410 e. The molecule has 1 atom stereocenters. The zero-order valence-electron chi connectivity index (χ0n) is 20.7. The van der Waals surface area contributed by atoms with Gasteiger partial charge in [0.2, 0.25) is 15.9 Å². The summed E-state index contributed by atoms with van der Waals surface area (Å²) in [6, 6.07) is 6.06. The summed E-state index contributed by atoms with van der Waals surface area (Å²) in [6.07, 6.45) is 9.78. The second kappa shape index (κ2) is 9.00. The maximum Gasteiger partial charge on any atom is 0.410 e. The molecule has 0 radical (unpaired) electrons. The molecule has 5 aliphatic carbocycles. The first-order valence-corrected chi connectivity index (χ1v) is 16.0. The number of carbonyl (C=O) groups is 2. The quantitative estimate of drug-likeness (QED) is 0.559. The SMILES string of the molecule is CS(=O)(=O)NC(=O)CC1CC2(CCN(C(=O)OC3C4CC5CC(C4)CC3C5)CC2)c2c(Br)cccc21. The lowest BCUT2D eigenvalue weighted by molar-refractivity contribution is -0.119. The largest absolute Gasteiger partial charge is 0.446 e. The van der Waals surface area contributed by atoms with Crippen molar-refractivity contribution in [3.05, 3.63) is 33.8 Å². The van der Waals surface area contributed by atoms with E-state index >= 15 is 0 Å². The molecule has 5 fully saturated rings. The Hall–Kier alpha value is -1.61. The zero-order chi connectivity index (χ0) is 25.2. The molecule has 1 aliphatic heterocycles. The first kappa shape index (κ1) is 24.7. The summed E-state index contributed by atoms with van der Waals surface area (Å²) >= 11 is 3.74. The number of ether oxygens (including phenoxy) is 1. The Morgan fingerprint density at radius 2 is 1.72 bits per heavy atom. The van der Waals surface area contributed by atoms with Gasteiger partial charge >= 0.3 is 6.09 Å². The third kappa shape index (κ3) is 4.48. The van der Waals surface area contributed by atoms with Gasteiger partial charge in [-0.1, -0.05) is 28.1 Å². The maximum atomic E-state index is 13.2. The number of nitrogens with zero attached hydrogens (tertiary/aromatic N) is 1. The number of likely N-dealkylation sites (tertiary alicyclic amines) is 1. The molecule has 7 nitrogen and oxygen atoms in total. The minimum atomic E-state index is -3.59. The van der Waals surface area contributed by atoms with Crippen molar-refractivity contribution in [2.24, 2.45) is 23.7 Å². The molecule has 0 aromatic heterocycles. The number of halogens is 1. The van der Waals surface area contributed by atoms with Gasteiger partial charge in [-0.05, 0) is 98.1 Å². The van der Waals surface area contributed by atoms with Crippen LogP contribution in [-0.2, 0) is 25.0 Å². The van der Waals surface area contributed by atoms with E-state index in [-0.39, 0.29) is 30.0 Å². The predicted molar refractivity (Wildman–Crippen MR) is 139 cm³/mol. The average Bonchev–Trinajstić information content (AvgIpc) is 3.08. The van der Waals surface area contributed by atoms with E-state index in [1.54, 1.807) is 0 Å². The summed E-state index contributed by atoms with van der Waals surface area (Å²) in [5, 5.41) is 0. The molecule has 1 unspecified atom stereocenters. The van der Waals surface area contributed by atoms with Gasteiger partial charge in [-0.25, -0.2) is 13.2 Å². The molecule has 1 aromatic carbocycles. The number of rotatable bonds is 4. The number of sulfonamides is 1. The predicted octanol–water partition coefficient (Wildman–Crippen LogP) is 4.70. The zero-order valence-corrected chi connectivity index (χ0v) is 23.2. The van der Waals surface area contributed by atoms with Crippen molar-refractivity contribution < 1.29 is 22.7 Å². The third-order valence-corrected chi connectivity index (χ3v) is 11.0. The standard InChI is InChI=1S/C27H35BrN2O5S/c1-36(33,34)29-23(31)14-20-15-27(24-21(20)3-2-4-22(24)28)5-7-30(8-6-27)26(32)35-25-18-10-16-9-17(12-18)13-19(25)11-16/h2-4,16-20,25H,5-15H2,1H3,(H,29,31). The van der Waals surface area contributed by atoms with Crippen LogP contribution >= 0.6 is 15.9 Å². The number of carbonyl (C=O) groups excluding carboxylic acids is 2. The molecule has 1 aromatic rings. The van der Waals surface area contributed by atoms with Crippen LogP contribution < -0.4 is 4.72 Å². The lowest BCUT2D eigenvalue weighted by Gasteiger charge is -2.53. The molecular weight excluding hydrogens is 544 g/mol. The Morgan fingerprint density at radius 1 is 1.08 bits per heavy atom. The van der Waals surface area contributed by atoms with Crippen LogP contribution in [0.3, 0.4) is 0 Å². The van der Waals surface area contributed by atoms with Crippen LogP contribution in [0.15, 0.2) is 22.7 Å². The van der Waals surface area contributed by atoms with Crippen LogP contribution in [0.2, 0.25) is 0 Å². The molecule has 196 valence electrons. The van der Waals surface area contributed by atoms with E-state index in [0.29, 0.717) is 24.9 Å². The lowest BCUT2D eigenvalue weighted by atomic mass is 9.55. The number of benzene rings is 1. The molecule has 1 N–H and O–H groups in total. The van der Waals surface area contributed by atoms with E-state index in [9.17, 15) is 18.0 Å². The minimum Gasteiger partial charge on any atom is -0.446 e.